The lowest BCUT2D eigenvalue weighted by Gasteiger charge is -2.09. The third kappa shape index (κ3) is 3.55. The summed E-state index contributed by atoms with van der Waals surface area (Å²) in [6.45, 7) is 2.04. The summed E-state index contributed by atoms with van der Waals surface area (Å²) >= 11 is 5.09. The number of hydrogen-bond donors (Lipinski definition) is 1. The zero-order chi connectivity index (χ0) is 19.2. The molecule has 0 unspecified atom stereocenters. The van der Waals surface area contributed by atoms with Crippen LogP contribution in [0.5, 0.6) is 0 Å². The van der Waals surface area contributed by atoms with Gasteiger partial charge in [-0.1, -0.05) is 28.9 Å². The largest absolute Gasteiger partial charge is 0.417 e. The topological polar surface area (TPSA) is 41.6 Å². The number of fused-ring (bicyclic) bond motifs is 2. The van der Waals surface area contributed by atoms with Gasteiger partial charge in [0.2, 0.25) is 0 Å². The van der Waals surface area contributed by atoms with Crippen molar-refractivity contribution in [3.8, 4) is 11.4 Å². The summed E-state index contributed by atoms with van der Waals surface area (Å²) in [7, 11) is 0. The minimum Gasteiger partial charge on any atom is -0.352 e. The average Bonchev–Trinajstić information content (AvgIpc) is 3.04. The maximum atomic E-state index is 12.9. The van der Waals surface area contributed by atoms with Gasteiger partial charge in [0.25, 0.3) is 0 Å². The Hall–Kier alpha value is -2.06. The lowest BCUT2D eigenvalue weighted by Crippen LogP contribution is -2.04. The lowest BCUT2D eigenvalue weighted by atomic mass is 10.2. The van der Waals surface area contributed by atoms with Crippen LogP contribution in [0.3, 0.4) is 0 Å². The van der Waals surface area contributed by atoms with Crippen LogP contribution in [0, 0.1) is 0 Å². The van der Waals surface area contributed by atoms with E-state index in [0.717, 1.165) is 38.3 Å². The molecule has 0 aliphatic carbocycles. The van der Waals surface area contributed by atoms with Crippen LogP contribution in [0.1, 0.15) is 12.5 Å². The van der Waals surface area contributed by atoms with Gasteiger partial charge in [-0.15, -0.1) is 11.8 Å². The van der Waals surface area contributed by atoms with Crippen LogP contribution in [-0.4, -0.2) is 20.7 Å². The molecule has 0 atom stereocenters. The first kappa shape index (κ1) is 18.3. The minimum atomic E-state index is -4.43. The summed E-state index contributed by atoms with van der Waals surface area (Å²) in [5.41, 5.74) is 2.20. The van der Waals surface area contributed by atoms with Gasteiger partial charge >= 0.3 is 6.18 Å². The zero-order valence-electron chi connectivity index (χ0n) is 14.1. The fourth-order valence-electron chi connectivity index (χ4n) is 2.87. The smallest absolute Gasteiger partial charge is 0.352 e. The van der Waals surface area contributed by atoms with Gasteiger partial charge in [-0.05, 0) is 36.1 Å². The van der Waals surface area contributed by atoms with E-state index in [2.05, 4.69) is 32.0 Å². The Kier molecular flexibility index (Phi) is 4.63. The van der Waals surface area contributed by atoms with E-state index in [1.165, 1.54) is 0 Å². The summed E-state index contributed by atoms with van der Waals surface area (Å²) in [5, 5.41) is 1.01. The molecule has 138 valence electrons. The molecule has 0 radical (unpaired) electrons. The Labute approximate surface area is 165 Å². The molecule has 0 amide bonds. The number of aromatic nitrogens is 3. The van der Waals surface area contributed by atoms with Crippen LogP contribution < -0.4 is 0 Å². The maximum absolute atomic E-state index is 12.9. The van der Waals surface area contributed by atoms with Crippen molar-refractivity contribution < 1.29 is 13.2 Å². The van der Waals surface area contributed by atoms with Crippen molar-refractivity contribution in [2.75, 3.05) is 5.75 Å². The molecule has 0 spiro atoms. The Morgan fingerprint density at radius 1 is 1.11 bits per heavy atom. The van der Waals surface area contributed by atoms with Crippen molar-refractivity contribution in [1.82, 2.24) is 15.0 Å². The number of halogens is 4. The highest BCUT2D eigenvalue weighted by atomic mass is 79.9. The van der Waals surface area contributed by atoms with Crippen LogP contribution in [0.25, 0.3) is 33.3 Å². The predicted molar refractivity (Wildman–Crippen MR) is 106 cm³/mol. The number of aromatic amines is 1. The summed E-state index contributed by atoms with van der Waals surface area (Å²) in [6, 6.07) is 10.7. The molecule has 8 heteroatoms. The summed E-state index contributed by atoms with van der Waals surface area (Å²) in [6.07, 6.45) is -3.57. The number of thioether (sulfide) groups is 1. The number of alkyl halides is 3. The SMILES string of the molecule is CCSc1cc2ccc(Br)cc2nc1-c1cc2ncc(C(F)(F)F)cc2[nH]1. The van der Waals surface area contributed by atoms with Crippen LogP contribution in [0.2, 0.25) is 0 Å². The lowest BCUT2D eigenvalue weighted by molar-refractivity contribution is -0.137. The number of nitrogens with zero attached hydrogens (tertiary/aromatic N) is 2. The second-order valence-corrected chi connectivity index (χ2v) is 8.16. The van der Waals surface area contributed by atoms with E-state index in [1.807, 2.05) is 25.1 Å². The van der Waals surface area contributed by atoms with Gasteiger partial charge in [0, 0.05) is 21.0 Å². The van der Waals surface area contributed by atoms with Gasteiger partial charge in [-0.3, -0.25) is 4.98 Å². The molecule has 3 nitrogen and oxygen atoms in total. The number of benzene rings is 1. The molecule has 1 N–H and O–H groups in total. The predicted octanol–water partition coefficient (Wildman–Crippen LogP) is 6.67. The molecule has 0 bridgehead atoms. The van der Waals surface area contributed by atoms with Crippen molar-refractivity contribution in [2.45, 2.75) is 18.0 Å². The van der Waals surface area contributed by atoms with E-state index in [9.17, 15) is 13.2 Å². The first-order valence-electron chi connectivity index (χ1n) is 8.14. The Bertz CT molecular complexity index is 1150. The maximum Gasteiger partial charge on any atom is 0.417 e. The van der Waals surface area contributed by atoms with E-state index in [-0.39, 0.29) is 0 Å². The highest BCUT2D eigenvalue weighted by molar-refractivity contribution is 9.10. The number of H-pyrrole nitrogens is 1. The number of hydrogen-bond acceptors (Lipinski definition) is 3. The average molecular weight is 452 g/mol. The van der Waals surface area contributed by atoms with Crippen molar-refractivity contribution in [2.24, 2.45) is 0 Å². The summed E-state index contributed by atoms with van der Waals surface area (Å²) < 4.78 is 39.8. The zero-order valence-corrected chi connectivity index (χ0v) is 16.5. The normalized spacial score (nSPS) is 12.2. The quantitative estimate of drug-likeness (QED) is 0.353. The Morgan fingerprint density at radius 3 is 2.67 bits per heavy atom. The van der Waals surface area contributed by atoms with E-state index in [4.69, 9.17) is 4.98 Å². The standard InChI is InChI=1S/C19H13BrF3N3S/c1-2-27-17-5-10-3-4-12(20)7-13(10)26-18(17)16-8-14-15(25-16)6-11(9-24-14)19(21,22)23/h3-9,25H,2H2,1H3. The third-order valence-electron chi connectivity index (χ3n) is 4.10. The molecular formula is C19H13BrF3N3S. The molecule has 0 aliphatic heterocycles. The molecule has 4 rings (SSSR count). The molecule has 27 heavy (non-hydrogen) atoms. The van der Waals surface area contributed by atoms with Gasteiger partial charge in [0.15, 0.2) is 0 Å². The van der Waals surface area contributed by atoms with Gasteiger partial charge in [0.1, 0.15) is 5.69 Å². The van der Waals surface area contributed by atoms with Crippen molar-refractivity contribution in [3.05, 3.63) is 52.6 Å². The number of pyridine rings is 2. The molecule has 0 saturated carbocycles. The number of rotatable bonds is 3. The molecule has 1 aromatic carbocycles. The van der Waals surface area contributed by atoms with Gasteiger partial charge < -0.3 is 4.98 Å². The van der Waals surface area contributed by atoms with E-state index in [1.54, 1.807) is 17.8 Å². The second-order valence-electron chi connectivity index (χ2n) is 5.94. The van der Waals surface area contributed by atoms with Crippen LogP contribution in [0.4, 0.5) is 13.2 Å². The molecule has 0 saturated heterocycles. The second kappa shape index (κ2) is 6.83. The van der Waals surface area contributed by atoms with Crippen LogP contribution in [0.15, 0.2) is 52.0 Å². The highest BCUT2D eigenvalue weighted by Gasteiger charge is 2.31. The van der Waals surface area contributed by atoms with Crippen LogP contribution >= 0.6 is 27.7 Å². The Morgan fingerprint density at radius 2 is 1.93 bits per heavy atom. The molecule has 3 heterocycles. The van der Waals surface area contributed by atoms with Crippen LogP contribution in [-0.2, 0) is 6.18 Å². The molecule has 0 fully saturated rings. The molecular weight excluding hydrogens is 439 g/mol. The molecule has 4 aromatic rings. The van der Waals surface area contributed by atoms with E-state index < -0.39 is 11.7 Å². The highest BCUT2D eigenvalue weighted by Crippen LogP contribution is 2.35. The van der Waals surface area contributed by atoms with Crippen molar-refractivity contribution in [3.63, 3.8) is 0 Å². The van der Waals surface area contributed by atoms with E-state index in [0.29, 0.717) is 22.4 Å². The first-order chi connectivity index (χ1) is 12.8. The summed E-state index contributed by atoms with van der Waals surface area (Å²) in [5.74, 6) is 0.855. The number of nitrogens with one attached hydrogen (secondary N) is 1. The minimum absolute atomic E-state index is 0.336. The summed E-state index contributed by atoms with van der Waals surface area (Å²) in [4.78, 5) is 12.7. The first-order valence-corrected chi connectivity index (χ1v) is 9.92. The van der Waals surface area contributed by atoms with E-state index >= 15 is 0 Å². The van der Waals surface area contributed by atoms with Gasteiger partial charge in [0.05, 0.1) is 27.8 Å². The van der Waals surface area contributed by atoms with Crippen molar-refractivity contribution in [1.29, 1.82) is 0 Å². The van der Waals surface area contributed by atoms with Crippen molar-refractivity contribution >= 4 is 49.6 Å². The fourth-order valence-corrected chi connectivity index (χ4v) is 4.03. The Balaban J connectivity index is 1.90. The molecule has 3 aromatic heterocycles. The third-order valence-corrected chi connectivity index (χ3v) is 5.50. The molecule has 0 aliphatic rings. The fraction of sp³-hybridized carbons (Fsp3) is 0.158. The van der Waals surface area contributed by atoms with Gasteiger partial charge in [-0.2, -0.15) is 13.2 Å². The van der Waals surface area contributed by atoms with Gasteiger partial charge in [-0.25, -0.2) is 4.98 Å². The monoisotopic (exact) mass is 451 g/mol.